The molecule has 246 valence electrons. The topological polar surface area (TPSA) is 72.6 Å². The van der Waals surface area contributed by atoms with Crippen molar-refractivity contribution in [2.45, 2.75) is 0 Å². The predicted octanol–water partition coefficient (Wildman–Crippen LogP) is 11.8. The van der Waals surface area contributed by atoms with E-state index in [0.29, 0.717) is 17.0 Å². The Morgan fingerprint density at radius 1 is 0.453 bits per heavy atom. The summed E-state index contributed by atoms with van der Waals surface area (Å²) in [5.41, 5.74) is 11.7. The second kappa shape index (κ2) is 11.3. The van der Waals surface area contributed by atoms with E-state index in [9.17, 15) is 5.26 Å². The second-order valence-corrected chi connectivity index (χ2v) is 13.3. The first-order valence-electron chi connectivity index (χ1n) is 17.6. The Kier molecular flexibility index (Phi) is 6.22. The molecular weight excluding hydrogens is 651 g/mol. The molecule has 0 radical (unpaired) electrons. The van der Waals surface area contributed by atoms with Crippen LogP contribution in [0.15, 0.2) is 168 Å². The minimum atomic E-state index is 0.0786. The molecule has 0 bridgehead atoms. The maximum absolute atomic E-state index is 9.72. The van der Waals surface area contributed by atoms with Crippen LogP contribution in [0.3, 0.4) is 0 Å². The van der Waals surface area contributed by atoms with Gasteiger partial charge in [0, 0.05) is 43.9 Å². The van der Waals surface area contributed by atoms with Gasteiger partial charge in [-0.2, -0.15) is 10.2 Å². The highest BCUT2D eigenvalue weighted by molar-refractivity contribution is 6.14. The molecule has 0 aliphatic carbocycles. The number of nitrogens with zero attached hydrogens (tertiary/aromatic N) is 5. The van der Waals surface area contributed by atoms with Crippen molar-refractivity contribution >= 4 is 65.7 Å². The smallest absolute Gasteiger partial charge is 0.236 e. The van der Waals surface area contributed by atoms with Gasteiger partial charge in [-0.05, 0) is 77.9 Å². The third-order valence-electron chi connectivity index (χ3n) is 10.4. The first-order chi connectivity index (χ1) is 26.2. The lowest BCUT2D eigenvalue weighted by Crippen LogP contribution is -1.95. The third kappa shape index (κ3) is 4.38. The molecule has 0 spiro atoms. The Bertz CT molecular complexity index is 3290. The van der Waals surface area contributed by atoms with E-state index < -0.39 is 0 Å². The molecule has 0 unspecified atom stereocenters. The van der Waals surface area contributed by atoms with Gasteiger partial charge in [-0.1, -0.05) is 97.1 Å². The molecule has 0 amide bonds. The molecule has 4 aromatic heterocycles. The van der Waals surface area contributed by atoms with Gasteiger partial charge in [0.25, 0.3) is 0 Å². The van der Waals surface area contributed by atoms with Crippen molar-refractivity contribution in [2.75, 3.05) is 0 Å². The minimum absolute atomic E-state index is 0.0786. The Labute approximate surface area is 303 Å². The highest BCUT2D eigenvalue weighted by Crippen LogP contribution is 2.40. The molecule has 53 heavy (non-hydrogen) atoms. The van der Waals surface area contributed by atoms with Gasteiger partial charge in [0.05, 0.1) is 33.1 Å². The van der Waals surface area contributed by atoms with E-state index >= 15 is 0 Å². The van der Waals surface area contributed by atoms with E-state index in [4.69, 9.17) is 4.42 Å². The van der Waals surface area contributed by atoms with Crippen LogP contribution in [0.5, 0.6) is 0 Å². The van der Waals surface area contributed by atoms with Crippen LogP contribution in [-0.2, 0) is 0 Å². The number of para-hydroxylation sites is 3. The Morgan fingerprint density at radius 3 is 1.66 bits per heavy atom. The highest BCUT2D eigenvalue weighted by Gasteiger charge is 2.20. The summed E-state index contributed by atoms with van der Waals surface area (Å²) in [5.74, 6) is 0.0786. The lowest BCUT2D eigenvalue weighted by molar-refractivity contribution is 0.652. The number of furan rings is 1. The standard InChI is InChI=1S/C47H27N5O/c48-28-44-49-46(29-11-3-1-4-12-29)45-38-27-33(21-24-43(38)53-47(45)50-44)52-40-18-10-8-16-35(40)37-26-31(20-23-42(37)52)30-19-22-41-36(25-30)34-15-7-9-17-39(34)51(41)32-13-5-2-6-14-32/h1-27H. The summed E-state index contributed by atoms with van der Waals surface area (Å²) in [6.45, 7) is 0. The van der Waals surface area contributed by atoms with E-state index in [2.05, 4.69) is 153 Å². The second-order valence-electron chi connectivity index (χ2n) is 13.3. The molecule has 0 N–H and O–H groups in total. The van der Waals surface area contributed by atoms with Crippen LogP contribution < -0.4 is 0 Å². The molecule has 4 heterocycles. The Balaban J connectivity index is 1.10. The molecule has 0 saturated carbocycles. The number of hydrogen-bond donors (Lipinski definition) is 0. The minimum Gasteiger partial charge on any atom is -0.438 e. The number of fused-ring (bicyclic) bond motifs is 9. The van der Waals surface area contributed by atoms with Gasteiger partial charge in [0.15, 0.2) is 0 Å². The van der Waals surface area contributed by atoms with Gasteiger partial charge in [0.1, 0.15) is 11.7 Å². The van der Waals surface area contributed by atoms with Gasteiger partial charge in [-0.15, -0.1) is 0 Å². The highest BCUT2D eigenvalue weighted by atomic mass is 16.3. The lowest BCUT2D eigenvalue weighted by atomic mass is 10.0. The molecule has 11 rings (SSSR count). The summed E-state index contributed by atoms with van der Waals surface area (Å²) in [6.07, 6.45) is 0. The molecule has 0 atom stereocenters. The zero-order valence-corrected chi connectivity index (χ0v) is 28.2. The van der Waals surface area contributed by atoms with Gasteiger partial charge >= 0.3 is 0 Å². The Hall–Kier alpha value is -7.49. The first-order valence-corrected chi connectivity index (χ1v) is 17.6. The van der Waals surface area contributed by atoms with E-state index in [1.54, 1.807) is 0 Å². The quantitative estimate of drug-likeness (QED) is 0.186. The summed E-state index contributed by atoms with van der Waals surface area (Å²) in [7, 11) is 0. The maximum atomic E-state index is 9.72. The van der Waals surface area contributed by atoms with Crippen molar-refractivity contribution in [1.29, 1.82) is 5.26 Å². The first kappa shape index (κ1) is 29.3. The predicted molar refractivity (Wildman–Crippen MR) is 214 cm³/mol. The normalized spacial score (nSPS) is 11.8. The number of benzene rings is 7. The lowest BCUT2D eigenvalue weighted by Gasteiger charge is -2.10. The number of aromatic nitrogens is 4. The molecule has 11 aromatic rings. The molecule has 0 saturated heterocycles. The van der Waals surface area contributed by atoms with E-state index in [0.717, 1.165) is 44.3 Å². The van der Waals surface area contributed by atoms with Gasteiger partial charge in [-0.25, -0.2) is 4.98 Å². The SMILES string of the molecule is N#Cc1nc(-c2ccccc2)c2c(n1)oc1ccc(-n3c4ccccc4c4cc(-c5ccc6c(c5)c5ccccc5n6-c5ccccc5)ccc43)cc12. The van der Waals surface area contributed by atoms with Crippen LogP contribution in [0.2, 0.25) is 0 Å². The van der Waals surface area contributed by atoms with Crippen molar-refractivity contribution in [1.82, 2.24) is 19.1 Å². The summed E-state index contributed by atoms with van der Waals surface area (Å²) < 4.78 is 10.9. The van der Waals surface area contributed by atoms with Gasteiger partial charge in [-0.3, -0.25) is 0 Å². The van der Waals surface area contributed by atoms with E-state index in [-0.39, 0.29) is 5.82 Å². The molecule has 0 aliphatic heterocycles. The zero-order chi connectivity index (χ0) is 35.0. The summed E-state index contributed by atoms with van der Waals surface area (Å²) in [6, 6.07) is 59.6. The molecule has 7 aromatic carbocycles. The van der Waals surface area contributed by atoms with Crippen molar-refractivity contribution in [3.05, 3.63) is 170 Å². The number of nitriles is 1. The van der Waals surface area contributed by atoms with Gasteiger partial charge in [0.2, 0.25) is 11.5 Å². The van der Waals surface area contributed by atoms with Crippen LogP contribution in [0.1, 0.15) is 5.82 Å². The summed E-state index contributed by atoms with van der Waals surface area (Å²) in [4.78, 5) is 9.11. The van der Waals surface area contributed by atoms with E-state index in [1.165, 1.54) is 38.1 Å². The van der Waals surface area contributed by atoms with Crippen LogP contribution in [-0.4, -0.2) is 19.1 Å². The van der Waals surface area contributed by atoms with Crippen LogP contribution in [0.4, 0.5) is 0 Å². The largest absolute Gasteiger partial charge is 0.438 e. The van der Waals surface area contributed by atoms with Crippen LogP contribution >= 0.6 is 0 Å². The van der Waals surface area contributed by atoms with Gasteiger partial charge < -0.3 is 13.6 Å². The average molecular weight is 678 g/mol. The maximum Gasteiger partial charge on any atom is 0.236 e. The fraction of sp³-hybridized carbons (Fsp3) is 0. The fourth-order valence-electron chi connectivity index (χ4n) is 8.10. The fourth-order valence-corrected chi connectivity index (χ4v) is 8.10. The molecule has 6 nitrogen and oxygen atoms in total. The average Bonchev–Trinajstić information content (AvgIpc) is 3.88. The number of hydrogen-bond acceptors (Lipinski definition) is 4. The van der Waals surface area contributed by atoms with Crippen molar-refractivity contribution in [2.24, 2.45) is 0 Å². The monoisotopic (exact) mass is 677 g/mol. The van der Waals surface area contributed by atoms with Crippen molar-refractivity contribution in [3.63, 3.8) is 0 Å². The van der Waals surface area contributed by atoms with Crippen LogP contribution in [0.25, 0.3) is 99.4 Å². The molecule has 0 aliphatic rings. The zero-order valence-electron chi connectivity index (χ0n) is 28.2. The third-order valence-corrected chi connectivity index (χ3v) is 10.4. The Morgan fingerprint density at radius 2 is 1.02 bits per heavy atom. The summed E-state index contributed by atoms with van der Waals surface area (Å²) >= 11 is 0. The van der Waals surface area contributed by atoms with E-state index in [1.807, 2.05) is 36.4 Å². The van der Waals surface area contributed by atoms with Crippen LogP contribution in [0, 0.1) is 11.3 Å². The molecule has 0 fully saturated rings. The molecule has 6 heteroatoms. The summed E-state index contributed by atoms with van der Waals surface area (Å²) in [5, 5.41) is 16.2. The number of rotatable bonds is 4. The van der Waals surface area contributed by atoms with Crippen molar-refractivity contribution < 1.29 is 4.42 Å². The van der Waals surface area contributed by atoms with Crippen molar-refractivity contribution in [3.8, 4) is 39.8 Å². The molecular formula is C47H27N5O.